The Hall–Kier alpha value is -2.24. The molecule has 0 aliphatic rings. The maximum atomic E-state index is 11.5. The molecule has 23 heavy (non-hydrogen) atoms. The van der Waals surface area contributed by atoms with Gasteiger partial charge < -0.3 is 20.3 Å². The van der Waals surface area contributed by atoms with Crippen molar-refractivity contribution < 1.29 is 9.53 Å². The highest BCUT2D eigenvalue weighted by Gasteiger charge is 2.10. The van der Waals surface area contributed by atoms with Crippen LogP contribution in [-0.4, -0.2) is 51.1 Å². The lowest BCUT2D eigenvalue weighted by Gasteiger charge is -2.23. The van der Waals surface area contributed by atoms with Crippen molar-refractivity contribution in [2.45, 2.75) is 20.4 Å². The second-order valence-electron chi connectivity index (χ2n) is 5.59. The van der Waals surface area contributed by atoms with E-state index in [-0.39, 0.29) is 11.8 Å². The lowest BCUT2D eigenvalue weighted by molar-refractivity contribution is -0.123. The number of aliphatic imine (C=N–C) groups is 1. The Morgan fingerprint density at radius 2 is 1.91 bits per heavy atom. The van der Waals surface area contributed by atoms with E-state index in [0.717, 1.165) is 17.3 Å². The zero-order valence-corrected chi connectivity index (χ0v) is 14.7. The van der Waals surface area contributed by atoms with Crippen LogP contribution in [0.15, 0.2) is 29.3 Å². The van der Waals surface area contributed by atoms with Crippen LogP contribution in [0.4, 0.5) is 0 Å². The molecule has 0 spiro atoms. The minimum atomic E-state index is 0.00234. The van der Waals surface area contributed by atoms with Gasteiger partial charge in [-0.25, -0.2) is 0 Å². The third-order valence-electron chi connectivity index (χ3n) is 3.41. The molecule has 1 amide bonds. The van der Waals surface area contributed by atoms with Crippen LogP contribution >= 0.6 is 0 Å². The van der Waals surface area contributed by atoms with Gasteiger partial charge in [-0.1, -0.05) is 32.0 Å². The van der Waals surface area contributed by atoms with Crippen LogP contribution < -0.4 is 15.4 Å². The number of guanidine groups is 1. The summed E-state index contributed by atoms with van der Waals surface area (Å²) in [5.74, 6) is 1.69. The number of hydrogen-bond donors (Lipinski definition) is 2. The van der Waals surface area contributed by atoms with E-state index >= 15 is 0 Å². The average Bonchev–Trinajstić information content (AvgIpc) is 2.54. The number of carbonyl (C=O) groups excluding carboxylic acids is 1. The van der Waals surface area contributed by atoms with Crippen LogP contribution in [0.2, 0.25) is 0 Å². The lowest BCUT2D eigenvalue weighted by Crippen LogP contribution is -2.42. The summed E-state index contributed by atoms with van der Waals surface area (Å²) >= 11 is 0. The van der Waals surface area contributed by atoms with Crippen molar-refractivity contribution in [2.24, 2.45) is 10.9 Å². The van der Waals surface area contributed by atoms with Gasteiger partial charge in [-0.05, 0) is 6.07 Å². The fourth-order valence-electron chi connectivity index (χ4n) is 2.11. The molecule has 2 N–H and O–H groups in total. The summed E-state index contributed by atoms with van der Waals surface area (Å²) in [5, 5.41) is 6.12. The predicted octanol–water partition coefficient (Wildman–Crippen LogP) is 1.47. The highest BCUT2D eigenvalue weighted by Crippen LogP contribution is 2.18. The molecule has 6 nitrogen and oxygen atoms in total. The van der Waals surface area contributed by atoms with Crippen molar-refractivity contribution in [3.05, 3.63) is 29.8 Å². The largest absolute Gasteiger partial charge is 0.496 e. The highest BCUT2D eigenvalue weighted by atomic mass is 16.5. The summed E-state index contributed by atoms with van der Waals surface area (Å²) in [6.45, 7) is 5.63. The van der Waals surface area contributed by atoms with Crippen LogP contribution in [0.1, 0.15) is 19.4 Å². The molecule has 1 aromatic rings. The molecule has 0 aliphatic carbocycles. The monoisotopic (exact) mass is 320 g/mol. The maximum Gasteiger partial charge on any atom is 0.222 e. The van der Waals surface area contributed by atoms with Gasteiger partial charge >= 0.3 is 0 Å². The SMILES string of the molecule is CN=C(NCCNC(=O)C(C)C)N(C)Cc1ccccc1OC. The van der Waals surface area contributed by atoms with Gasteiger partial charge in [0.1, 0.15) is 5.75 Å². The predicted molar refractivity (Wildman–Crippen MR) is 93.7 cm³/mol. The molecule has 0 bridgehead atoms. The van der Waals surface area contributed by atoms with E-state index in [1.807, 2.05) is 50.1 Å². The normalized spacial score (nSPS) is 11.3. The molecule has 0 heterocycles. The average molecular weight is 320 g/mol. The Morgan fingerprint density at radius 1 is 1.26 bits per heavy atom. The number of para-hydroxylation sites is 1. The molecule has 1 aromatic carbocycles. The Labute approximate surface area is 138 Å². The van der Waals surface area contributed by atoms with Gasteiger partial charge in [0.05, 0.1) is 7.11 Å². The summed E-state index contributed by atoms with van der Waals surface area (Å²) in [7, 11) is 5.38. The standard InChI is InChI=1S/C17H28N4O2/c1-13(2)16(22)19-10-11-20-17(18-3)21(4)12-14-8-6-7-9-15(14)23-5/h6-9,13H,10-12H2,1-5H3,(H,18,20)(H,19,22). The molecule has 0 aromatic heterocycles. The van der Waals surface area contributed by atoms with Crippen molar-refractivity contribution in [3.8, 4) is 5.75 Å². The second kappa shape index (κ2) is 9.71. The summed E-state index contributed by atoms with van der Waals surface area (Å²) in [4.78, 5) is 17.8. The van der Waals surface area contributed by atoms with Crippen LogP contribution in [0.25, 0.3) is 0 Å². The first-order chi connectivity index (χ1) is 11.0. The summed E-state index contributed by atoms with van der Waals surface area (Å²) < 4.78 is 5.37. The number of methoxy groups -OCH3 is 1. The van der Waals surface area contributed by atoms with E-state index in [0.29, 0.717) is 19.6 Å². The van der Waals surface area contributed by atoms with E-state index < -0.39 is 0 Å². The number of hydrogen-bond acceptors (Lipinski definition) is 3. The van der Waals surface area contributed by atoms with E-state index in [1.54, 1.807) is 14.2 Å². The first-order valence-electron chi connectivity index (χ1n) is 7.81. The molecule has 0 unspecified atom stereocenters. The summed E-state index contributed by atoms with van der Waals surface area (Å²) in [6.07, 6.45) is 0. The van der Waals surface area contributed by atoms with Crippen LogP contribution in [0, 0.1) is 5.92 Å². The van der Waals surface area contributed by atoms with Gasteiger partial charge in [-0.2, -0.15) is 0 Å². The van der Waals surface area contributed by atoms with Crippen molar-refractivity contribution in [2.75, 3.05) is 34.3 Å². The first-order valence-corrected chi connectivity index (χ1v) is 7.81. The van der Waals surface area contributed by atoms with Crippen LogP contribution in [0.5, 0.6) is 5.75 Å². The molecule has 0 saturated carbocycles. The fourth-order valence-corrected chi connectivity index (χ4v) is 2.11. The van der Waals surface area contributed by atoms with Gasteiger partial charge in [-0.15, -0.1) is 0 Å². The van der Waals surface area contributed by atoms with Crippen LogP contribution in [-0.2, 0) is 11.3 Å². The van der Waals surface area contributed by atoms with Gasteiger partial charge in [0, 0.05) is 45.2 Å². The number of nitrogens with one attached hydrogen (secondary N) is 2. The van der Waals surface area contributed by atoms with E-state index in [2.05, 4.69) is 15.6 Å². The Balaban J connectivity index is 2.49. The van der Waals surface area contributed by atoms with E-state index in [1.165, 1.54) is 0 Å². The van der Waals surface area contributed by atoms with Crippen molar-refractivity contribution >= 4 is 11.9 Å². The molecule has 0 aliphatic heterocycles. The minimum Gasteiger partial charge on any atom is -0.496 e. The Morgan fingerprint density at radius 3 is 2.52 bits per heavy atom. The molecule has 0 radical (unpaired) electrons. The quantitative estimate of drug-likeness (QED) is 0.454. The molecule has 6 heteroatoms. The number of ether oxygens (including phenoxy) is 1. The number of benzene rings is 1. The zero-order valence-electron chi connectivity index (χ0n) is 14.7. The van der Waals surface area contributed by atoms with Crippen molar-refractivity contribution in [1.82, 2.24) is 15.5 Å². The summed E-state index contributed by atoms with van der Waals surface area (Å²) in [6, 6.07) is 7.92. The fraction of sp³-hybridized carbons (Fsp3) is 0.529. The molecule has 1 rings (SSSR count). The Bertz CT molecular complexity index is 529. The van der Waals surface area contributed by atoms with Crippen LogP contribution in [0.3, 0.4) is 0 Å². The first kappa shape index (κ1) is 18.8. The number of carbonyl (C=O) groups is 1. The van der Waals surface area contributed by atoms with Gasteiger partial charge in [0.2, 0.25) is 5.91 Å². The zero-order chi connectivity index (χ0) is 17.2. The van der Waals surface area contributed by atoms with Crippen molar-refractivity contribution in [1.29, 1.82) is 0 Å². The molecular weight excluding hydrogens is 292 g/mol. The molecule has 0 atom stereocenters. The Kier molecular flexibility index (Phi) is 7.94. The van der Waals surface area contributed by atoms with Gasteiger partial charge in [-0.3, -0.25) is 9.79 Å². The maximum absolute atomic E-state index is 11.5. The van der Waals surface area contributed by atoms with E-state index in [4.69, 9.17) is 4.74 Å². The van der Waals surface area contributed by atoms with Gasteiger partial charge in [0.15, 0.2) is 5.96 Å². The second-order valence-corrected chi connectivity index (χ2v) is 5.59. The summed E-state index contributed by atoms with van der Waals surface area (Å²) in [5.41, 5.74) is 1.09. The highest BCUT2D eigenvalue weighted by molar-refractivity contribution is 5.80. The van der Waals surface area contributed by atoms with Crippen molar-refractivity contribution in [3.63, 3.8) is 0 Å². The lowest BCUT2D eigenvalue weighted by atomic mass is 10.2. The third kappa shape index (κ3) is 6.18. The van der Waals surface area contributed by atoms with E-state index in [9.17, 15) is 4.79 Å². The molecule has 0 saturated heterocycles. The van der Waals surface area contributed by atoms with Gasteiger partial charge in [0.25, 0.3) is 0 Å². The minimum absolute atomic E-state index is 0.00234. The number of rotatable bonds is 7. The molecular formula is C17H28N4O2. The number of amides is 1. The topological polar surface area (TPSA) is 66.0 Å². The smallest absolute Gasteiger partial charge is 0.222 e. The molecule has 0 fully saturated rings. The third-order valence-corrected chi connectivity index (χ3v) is 3.41. The number of nitrogens with zero attached hydrogens (tertiary/aromatic N) is 2. The molecule has 128 valence electrons.